The van der Waals surface area contributed by atoms with Crippen molar-refractivity contribution in [1.29, 1.82) is 0 Å². The van der Waals surface area contributed by atoms with Gasteiger partial charge in [0.25, 0.3) is 0 Å². The molecular weight excluding hydrogens is 266 g/mol. The Balaban J connectivity index is 2.32. The van der Waals surface area contributed by atoms with Crippen LogP contribution >= 0.6 is 11.6 Å². The Kier molecular flexibility index (Phi) is 4.19. The minimum Gasteiger partial charge on any atom is -0.399 e. The quantitative estimate of drug-likeness (QED) is 0.671. The zero-order chi connectivity index (χ0) is 13.8. The Labute approximate surface area is 115 Å². The molecule has 0 aliphatic rings. The van der Waals surface area contributed by atoms with Crippen LogP contribution in [0.15, 0.2) is 30.5 Å². The largest absolute Gasteiger partial charge is 0.399 e. The number of hydrogen-bond donors (Lipinski definition) is 1. The molecule has 0 amide bonds. The molecule has 0 atom stereocenters. The minimum atomic E-state index is -0.182. The van der Waals surface area contributed by atoms with E-state index in [0.29, 0.717) is 35.1 Å². The topological polar surface area (TPSA) is 70.1 Å². The molecule has 0 radical (unpaired) electrons. The highest BCUT2D eigenvalue weighted by atomic mass is 35.5. The van der Waals surface area contributed by atoms with Crippen LogP contribution in [0, 0.1) is 0 Å². The second kappa shape index (κ2) is 5.86. The number of anilines is 1. The van der Waals surface area contributed by atoms with E-state index < -0.39 is 0 Å². The number of carbonyl (C=O) groups is 1. The standard InChI is InChI=1S/C13H14ClN3O2/c1-19-7-6-17-12(11(14)8-16-17)13(18)9-2-4-10(15)5-3-9/h2-5,8H,6-7,15H2,1H3. The maximum Gasteiger partial charge on any atom is 0.212 e. The summed E-state index contributed by atoms with van der Waals surface area (Å²) in [6.45, 7) is 0.930. The van der Waals surface area contributed by atoms with Gasteiger partial charge >= 0.3 is 0 Å². The highest BCUT2D eigenvalue weighted by Crippen LogP contribution is 2.20. The van der Waals surface area contributed by atoms with Gasteiger partial charge in [-0.05, 0) is 24.3 Å². The highest BCUT2D eigenvalue weighted by molar-refractivity contribution is 6.34. The van der Waals surface area contributed by atoms with E-state index >= 15 is 0 Å². The number of benzene rings is 1. The van der Waals surface area contributed by atoms with E-state index in [9.17, 15) is 4.79 Å². The fourth-order valence-electron chi connectivity index (χ4n) is 1.71. The summed E-state index contributed by atoms with van der Waals surface area (Å²) in [5.41, 5.74) is 7.09. The number of rotatable bonds is 5. The summed E-state index contributed by atoms with van der Waals surface area (Å²) < 4.78 is 6.53. The maximum absolute atomic E-state index is 12.4. The third-order valence-electron chi connectivity index (χ3n) is 2.69. The first-order valence-electron chi connectivity index (χ1n) is 5.74. The Morgan fingerprint density at radius 2 is 2.11 bits per heavy atom. The molecule has 0 spiro atoms. The van der Waals surface area contributed by atoms with Crippen LogP contribution in [0.4, 0.5) is 5.69 Å². The summed E-state index contributed by atoms with van der Waals surface area (Å²) in [5.74, 6) is -0.182. The van der Waals surface area contributed by atoms with Crippen LogP contribution in [-0.4, -0.2) is 29.3 Å². The SMILES string of the molecule is COCCn1ncc(Cl)c1C(=O)c1ccc(N)cc1. The molecule has 19 heavy (non-hydrogen) atoms. The van der Waals surface area contributed by atoms with E-state index in [4.69, 9.17) is 22.1 Å². The first kappa shape index (κ1) is 13.6. The van der Waals surface area contributed by atoms with E-state index in [1.54, 1.807) is 36.1 Å². The third-order valence-corrected chi connectivity index (χ3v) is 2.97. The summed E-state index contributed by atoms with van der Waals surface area (Å²) in [6, 6.07) is 6.69. The minimum absolute atomic E-state index is 0.182. The van der Waals surface area contributed by atoms with Crippen molar-refractivity contribution in [2.45, 2.75) is 6.54 Å². The molecule has 2 N–H and O–H groups in total. The molecule has 0 aliphatic heterocycles. The molecule has 0 unspecified atom stereocenters. The van der Waals surface area contributed by atoms with E-state index in [2.05, 4.69) is 5.10 Å². The number of methoxy groups -OCH3 is 1. The summed E-state index contributed by atoms with van der Waals surface area (Å²) in [4.78, 5) is 12.4. The lowest BCUT2D eigenvalue weighted by Gasteiger charge is -2.07. The lowest BCUT2D eigenvalue weighted by Crippen LogP contribution is -2.14. The average molecular weight is 280 g/mol. The lowest BCUT2D eigenvalue weighted by atomic mass is 10.1. The van der Waals surface area contributed by atoms with Crippen molar-refractivity contribution in [3.05, 3.63) is 46.7 Å². The highest BCUT2D eigenvalue weighted by Gasteiger charge is 2.18. The molecule has 0 fully saturated rings. The van der Waals surface area contributed by atoms with Gasteiger partial charge in [0, 0.05) is 18.4 Å². The van der Waals surface area contributed by atoms with Gasteiger partial charge in [0.1, 0.15) is 5.69 Å². The van der Waals surface area contributed by atoms with Crippen LogP contribution < -0.4 is 5.73 Å². The maximum atomic E-state index is 12.4. The van der Waals surface area contributed by atoms with E-state index in [1.165, 1.54) is 6.20 Å². The second-order valence-corrected chi connectivity index (χ2v) is 4.42. The van der Waals surface area contributed by atoms with Gasteiger partial charge in [0.05, 0.1) is 24.4 Å². The molecule has 1 aromatic carbocycles. The van der Waals surface area contributed by atoms with E-state index in [0.717, 1.165) is 0 Å². The van der Waals surface area contributed by atoms with Crippen LogP contribution in [0.25, 0.3) is 0 Å². The summed E-state index contributed by atoms with van der Waals surface area (Å²) in [5, 5.41) is 4.41. The van der Waals surface area contributed by atoms with Crippen molar-refractivity contribution in [2.24, 2.45) is 0 Å². The first-order valence-corrected chi connectivity index (χ1v) is 6.11. The van der Waals surface area contributed by atoms with Gasteiger partial charge in [-0.15, -0.1) is 0 Å². The Morgan fingerprint density at radius 3 is 2.74 bits per heavy atom. The van der Waals surface area contributed by atoms with Crippen LogP contribution in [0.5, 0.6) is 0 Å². The number of hydrogen-bond acceptors (Lipinski definition) is 4. The molecule has 0 saturated carbocycles. The van der Waals surface area contributed by atoms with Crippen LogP contribution in [0.1, 0.15) is 16.1 Å². The third kappa shape index (κ3) is 2.94. The van der Waals surface area contributed by atoms with Gasteiger partial charge in [-0.1, -0.05) is 11.6 Å². The van der Waals surface area contributed by atoms with Gasteiger partial charge in [-0.2, -0.15) is 5.10 Å². The van der Waals surface area contributed by atoms with Crippen LogP contribution in [0.3, 0.4) is 0 Å². The monoisotopic (exact) mass is 279 g/mol. The fraction of sp³-hybridized carbons (Fsp3) is 0.231. The molecule has 100 valence electrons. The molecule has 0 aliphatic carbocycles. The van der Waals surface area contributed by atoms with E-state index in [1.807, 2.05) is 0 Å². The molecule has 6 heteroatoms. The van der Waals surface area contributed by atoms with Gasteiger partial charge in [-0.3, -0.25) is 9.48 Å². The van der Waals surface area contributed by atoms with Crippen molar-refractivity contribution in [3.8, 4) is 0 Å². The molecular formula is C13H14ClN3O2. The van der Waals surface area contributed by atoms with Crippen LogP contribution in [0.2, 0.25) is 5.02 Å². The zero-order valence-corrected chi connectivity index (χ0v) is 11.2. The molecule has 2 rings (SSSR count). The second-order valence-electron chi connectivity index (χ2n) is 4.01. The number of nitrogens with zero attached hydrogens (tertiary/aromatic N) is 2. The Morgan fingerprint density at radius 1 is 1.42 bits per heavy atom. The molecule has 1 aromatic heterocycles. The number of halogens is 1. The smallest absolute Gasteiger partial charge is 0.212 e. The van der Waals surface area contributed by atoms with E-state index in [-0.39, 0.29) is 5.78 Å². The number of aromatic nitrogens is 2. The number of nitrogen functional groups attached to an aromatic ring is 1. The summed E-state index contributed by atoms with van der Waals surface area (Å²) in [6.07, 6.45) is 1.46. The summed E-state index contributed by atoms with van der Waals surface area (Å²) in [7, 11) is 1.59. The molecule has 2 aromatic rings. The van der Waals surface area contributed by atoms with Gasteiger partial charge in [0.2, 0.25) is 5.78 Å². The van der Waals surface area contributed by atoms with Gasteiger partial charge in [0.15, 0.2) is 0 Å². The first-order chi connectivity index (χ1) is 9.13. The number of ether oxygens (including phenoxy) is 1. The van der Waals surface area contributed by atoms with Crippen molar-refractivity contribution in [1.82, 2.24) is 9.78 Å². The number of ketones is 1. The molecule has 0 bridgehead atoms. The predicted molar refractivity (Wildman–Crippen MR) is 73.4 cm³/mol. The Bertz CT molecular complexity index is 578. The predicted octanol–water partition coefficient (Wildman–Crippen LogP) is 2.00. The fourth-order valence-corrected chi connectivity index (χ4v) is 1.93. The molecule has 1 heterocycles. The normalized spacial score (nSPS) is 10.6. The lowest BCUT2D eigenvalue weighted by molar-refractivity contribution is 0.102. The molecule has 0 saturated heterocycles. The number of nitrogens with two attached hydrogens (primary N) is 1. The van der Waals surface area contributed by atoms with Crippen molar-refractivity contribution < 1.29 is 9.53 Å². The zero-order valence-electron chi connectivity index (χ0n) is 10.5. The molecule has 5 nitrogen and oxygen atoms in total. The number of carbonyl (C=O) groups excluding carboxylic acids is 1. The van der Waals surface area contributed by atoms with Crippen molar-refractivity contribution in [3.63, 3.8) is 0 Å². The van der Waals surface area contributed by atoms with Crippen molar-refractivity contribution >= 4 is 23.1 Å². The van der Waals surface area contributed by atoms with Crippen LogP contribution in [-0.2, 0) is 11.3 Å². The average Bonchev–Trinajstić information content (AvgIpc) is 2.77. The van der Waals surface area contributed by atoms with Crippen molar-refractivity contribution in [2.75, 3.05) is 19.5 Å². The Hall–Kier alpha value is -1.85. The van der Waals surface area contributed by atoms with Gasteiger partial charge in [-0.25, -0.2) is 0 Å². The summed E-state index contributed by atoms with van der Waals surface area (Å²) >= 11 is 6.03. The van der Waals surface area contributed by atoms with Gasteiger partial charge < -0.3 is 10.5 Å².